The predicted molar refractivity (Wildman–Crippen MR) is 150 cm³/mol. The molecule has 11 nitrogen and oxygen atoms in total. The summed E-state index contributed by atoms with van der Waals surface area (Å²) in [5.74, 6) is -1.86. The molecule has 0 aliphatic carbocycles. The fraction of sp³-hybridized carbons (Fsp3) is 0.194. The van der Waals surface area contributed by atoms with Gasteiger partial charge in [-0.15, -0.1) is 0 Å². The second-order valence-electron chi connectivity index (χ2n) is 9.73. The maximum atomic E-state index is 13.1. The van der Waals surface area contributed by atoms with Crippen molar-refractivity contribution in [1.29, 1.82) is 0 Å². The molecule has 1 unspecified atom stereocenters. The number of aromatic nitrogens is 2. The quantitative estimate of drug-likeness (QED) is 0.305. The highest BCUT2D eigenvalue weighted by Crippen LogP contribution is 2.40. The van der Waals surface area contributed by atoms with Gasteiger partial charge in [-0.25, -0.2) is 14.4 Å². The molecule has 0 saturated carbocycles. The van der Waals surface area contributed by atoms with Crippen LogP contribution in [0.25, 0.3) is 0 Å². The van der Waals surface area contributed by atoms with Crippen molar-refractivity contribution in [3.05, 3.63) is 130 Å². The van der Waals surface area contributed by atoms with Gasteiger partial charge in [0.05, 0.1) is 11.1 Å². The minimum Gasteiger partial charge on any atom is -0.459 e. The van der Waals surface area contributed by atoms with Crippen LogP contribution in [0, 0.1) is 0 Å². The third-order valence-corrected chi connectivity index (χ3v) is 6.71. The van der Waals surface area contributed by atoms with Crippen LogP contribution in [0.15, 0.2) is 108 Å². The van der Waals surface area contributed by atoms with Gasteiger partial charge in [-0.2, -0.15) is 4.98 Å². The van der Waals surface area contributed by atoms with Gasteiger partial charge in [-0.1, -0.05) is 54.6 Å². The third kappa shape index (κ3) is 6.12. The number of ether oxygens (including phenoxy) is 3. The number of nitrogens with zero attached hydrogens (tertiary/aromatic N) is 2. The van der Waals surface area contributed by atoms with Crippen LogP contribution >= 0.6 is 0 Å². The van der Waals surface area contributed by atoms with Gasteiger partial charge in [0.25, 0.3) is 5.91 Å². The van der Waals surface area contributed by atoms with Crippen LogP contribution in [0.3, 0.4) is 0 Å². The van der Waals surface area contributed by atoms with Crippen molar-refractivity contribution in [3.63, 3.8) is 0 Å². The van der Waals surface area contributed by atoms with Crippen molar-refractivity contribution in [1.82, 2.24) is 9.55 Å². The molecule has 5 rings (SSSR count). The van der Waals surface area contributed by atoms with Gasteiger partial charge in [0, 0.05) is 11.8 Å². The Balaban J connectivity index is 1.39. The zero-order valence-corrected chi connectivity index (χ0v) is 22.5. The van der Waals surface area contributed by atoms with Gasteiger partial charge in [-0.3, -0.25) is 9.36 Å². The predicted octanol–water partition coefficient (Wildman–Crippen LogP) is 3.23. The van der Waals surface area contributed by atoms with Crippen LogP contribution in [0.5, 0.6) is 0 Å². The molecule has 1 aromatic heterocycles. The van der Waals surface area contributed by atoms with E-state index in [0.717, 1.165) is 4.57 Å². The minimum atomic E-state index is -1.96. The molecule has 4 aromatic rings. The van der Waals surface area contributed by atoms with E-state index in [1.54, 1.807) is 91.0 Å². The van der Waals surface area contributed by atoms with Crippen LogP contribution in [-0.2, 0) is 14.2 Å². The Morgan fingerprint density at radius 1 is 0.881 bits per heavy atom. The topological polar surface area (TPSA) is 146 Å². The Labute approximate surface area is 240 Å². The highest BCUT2D eigenvalue weighted by molar-refractivity contribution is 6.03. The summed E-state index contributed by atoms with van der Waals surface area (Å²) in [6.45, 7) is 0.956. The van der Waals surface area contributed by atoms with Gasteiger partial charge in [0.1, 0.15) is 24.1 Å². The number of amides is 1. The standard InChI is InChI=1S/C31H27N3O8/c1-31(39)25(42-28(37)22-15-9-4-10-16-22)23(19-40-27(36)21-13-7-3-8-14-21)41-29(31)34-18-17-24(33-30(34)38)32-26(35)20-11-5-2-6-12-20/h2-18,23,25,29,39H,19H2,1H3,(H,32,33,35,38)/t23-,25+,29-,31?/m1/s1. The summed E-state index contributed by atoms with van der Waals surface area (Å²) < 4.78 is 18.1. The highest BCUT2D eigenvalue weighted by Gasteiger charge is 2.57. The molecule has 1 aliphatic rings. The average molecular weight is 570 g/mol. The van der Waals surface area contributed by atoms with Crippen LogP contribution in [0.4, 0.5) is 5.82 Å². The number of hydrogen-bond acceptors (Lipinski definition) is 9. The van der Waals surface area contributed by atoms with E-state index in [1.807, 2.05) is 0 Å². The Bertz CT molecular complexity index is 1620. The highest BCUT2D eigenvalue weighted by atomic mass is 16.6. The lowest BCUT2D eigenvalue weighted by atomic mass is 9.96. The van der Waals surface area contributed by atoms with Crippen molar-refractivity contribution in [2.24, 2.45) is 0 Å². The van der Waals surface area contributed by atoms with E-state index in [1.165, 1.54) is 19.2 Å². The molecule has 11 heteroatoms. The van der Waals surface area contributed by atoms with Gasteiger partial charge >= 0.3 is 17.6 Å². The molecule has 1 aliphatic heterocycles. The first-order chi connectivity index (χ1) is 20.2. The zero-order chi connectivity index (χ0) is 29.7. The van der Waals surface area contributed by atoms with Crippen LogP contribution in [0.1, 0.15) is 44.2 Å². The monoisotopic (exact) mass is 569 g/mol. The first-order valence-corrected chi connectivity index (χ1v) is 13.1. The molecule has 42 heavy (non-hydrogen) atoms. The first-order valence-electron chi connectivity index (χ1n) is 13.1. The number of rotatable bonds is 8. The van der Waals surface area contributed by atoms with Crippen molar-refractivity contribution in [2.75, 3.05) is 11.9 Å². The molecule has 1 fully saturated rings. The molecular formula is C31H27N3O8. The van der Waals surface area contributed by atoms with E-state index in [2.05, 4.69) is 10.3 Å². The zero-order valence-electron chi connectivity index (χ0n) is 22.5. The van der Waals surface area contributed by atoms with E-state index in [0.29, 0.717) is 11.1 Å². The Hall–Kier alpha value is -5.13. The van der Waals surface area contributed by atoms with Crippen molar-refractivity contribution >= 4 is 23.7 Å². The largest absolute Gasteiger partial charge is 0.459 e. The molecule has 214 valence electrons. The Morgan fingerprint density at radius 2 is 1.43 bits per heavy atom. The van der Waals surface area contributed by atoms with Crippen LogP contribution in [0.2, 0.25) is 0 Å². The minimum absolute atomic E-state index is 0.0110. The van der Waals surface area contributed by atoms with E-state index in [9.17, 15) is 24.3 Å². The lowest BCUT2D eigenvalue weighted by Crippen LogP contribution is -2.48. The summed E-state index contributed by atoms with van der Waals surface area (Å²) in [5, 5.41) is 14.2. The summed E-state index contributed by atoms with van der Waals surface area (Å²) in [4.78, 5) is 55.0. The summed E-state index contributed by atoms with van der Waals surface area (Å²) in [7, 11) is 0. The van der Waals surface area contributed by atoms with Crippen LogP contribution in [-0.4, -0.2) is 56.9 Å². The second-order valence-corrected chi connectivity index (χ2v) is 9.73. The molecular weight excluding hydrogens is 542 g/mol. The first kappa shape index (κ1) is 28.4. The van der Waals surface area contributed by atoms with Gasteiger partial charge in [0.15, 0.2) is 12.3 Å². The number of carbonyl (C=O) groups excluding carboxylic acids is 3. The van der Waals surface area contributed by atoms with Crippen molar-refractivity contribution in [3.8, 4) is 0 Å². The van der Waals surface area contributed by atoms with E-state index in [-0.39, 0.29) is 18.0 Å². The maximum absolute atomic E-state index is 13.1. The fourth-order valence-corrected chi connectivity index (χ4v) is 4.57. The van der Waals surface area contributed by atoms with E-state index < -0.39 is 47.6 Å². The van der Waals surface area contributed by atoms with Crippen molar-refractivity contribution in [2.45, 2.75) is 31.0 Å². The summed E-state index contributed by atoms with van der Waals surface area (Å²) >= 11 is 0. The summed E-state index contributed by atoms with van der Waals surface area (Å²) in [5.41, 5.74) is -1.91. The van der Waals surface area contributed by atoms with Crippen molar-refractivity contribution < 1.29 is 33.7 Å². The number of esters is 2. The van der Waals surface area contributed by atoms with Gasteiger partial charge in [0.2, 0.25) is 0 Å². The lowest BCUT2D eigenvalue weighted by molar-refractivity contribution is -0.101. The molecule has 0 radical (unpaired) electrons. The number of benzene rings is 3. The fourth-order valence-electron chi connectivity index (χ4n) is 4.57. The SMILES string of the molecule is CC1(O)[C@@H](OC(=O)c2ccccc2)[C@@H](COC(=O)c2ccccc2)O[C@H]1n1ccc(NC(=O)c2ccccc2)nc1=O. The number of aliphatic hydroxyl groups is 1. The maximum Gasteiger partial charge on any atom is 0.351 e. The molecule has 0 bridgehead atoms. The smallest absolute Gasteiger partial charge is 0.351 e. The molecule has 2 N–H and O–H groups in total. The Morgan fingerprint density at radius 3 is 2.00 bits per heavy atom. The molecule has 0 spiro atoms. The van der Waals surface area contributed by atoms with Gasteiger partial charge < -0.3 is 24.6 Å². The second kappa shape index (κ2) is 12.2. The van der Waals surface area contributed by atoms with Crippen LogP contribution < -0.4 is 11.0 Å². The molecule has 1 saturated heterocycles. The number of hydrogen-bond donors (Lipinski definition) is 2. The van der Waals surface area contributed by atoms with Gasteiger partial charge in [-0.05, 0) is 49.4 Å². The average Bonchev–Trinajstić information content (AvgIpc) is 3.25. The summed E-state index contributed by atoms with van der Waals surface area (Å²) in [6.07, 6.45) is -2.58. The Kier molecular flexibility index (Phi) is 8.23. The molecule has 3 aromatic carbocycles. The third-order valence-electron chi connectivity index (χ3n) is 6.71. The number of nitrogens with one attached hydrogen (secondary N) is 1. The number of anilines is 1. The van der Waals surface area contributed by atoms with E-state index >= 15 is 0 Å². The summed E-state index contributed by atoms with van der Waals surface area (Å²) in [6, 6.07) is 26.2. The van der Waals surface area contributed by atoms with E-state index in [4.69, 9.17) is 14.2 Å². The molecule has 4 atom stereocenters. The number of carbonyl (C=O) groups is 3. The molecule has 1 amide bonds. The normalized spacial score (nSPS) is 21.3. The molecule has 2 heterocycles. The lowest BCUT2D eigenvalue weighted by Gasteiger charge is -2.30.